The van der Waals surface area contributed by atoms with Gasteiger partial charge in [-0.05, 0) is 22.3 Å². The van der Waals surface area contributed by atoms with E-state index in [1.54, 1.807) is 0 Å². The molecule has 1 amide bonds. The van der Waals surface area contributed by atoms with Gasteiger partial charge in [-0.2, -0.15) is 0 Å². The van der Waals surface area contributed by atoms with Crippen molar-refractivity contribution in [3.63, 3.8) is 0 Å². The number of carbonyl (C=O) groups excluding carboxylic acids is 1. The van der Waals surface area contributed by atoms with Crippen molar-refractivity contribution < 1.29 is 19.4 Å². The Labute approximate surface area is 145 Å². The van der Waals surface area contributed by atoms with Crippen LogP contribution in [0.5, 0.6) is 0 Å². The van der Waals surface area contributed by atoms with Crippen LogP contribution in [0.2, 0.25) is 0 Å². The molecule has 25 heavy (non-hydrogen) atoms. The zero-order valence-electron chi connectivity index (χ0n) is 13.7. The summed E-state index contributed by atoms with van der Waals surface area (Å²) >= 11 is 0. The SMILES string of the molecule is C#CC[C@@H](C(=O)O)N(C(=O)OC)C1c2ccccc2-c2ccccc21. The van der Waals surface area contributed by atoms with Gasteiger partial charge in [0.2, 0.25) is 0 Å². The van der Waals surface area contributed by atoms with Crippen LogP contribution in [0.3, 0.4) is 0 Å². The number of methoxy groups -OCH3 is 1. The lowest BCUT2D eigenvalue weighted by molar-refractivity contribution is -0.143. The fraction of sp³-hybridized carbons (Fsp3) is 0.200. The summed E-state index contributed by atoms with van der Waals surface area (Å²) in [4.78, 5) is 25.5. The average Bonchev–Trinajstić information content (AvgIpc) is 2.96. The molecule has 0 heterocycles. The zero-order chi connectivity index (χ0) is 18.0. The lowest BCUT2D eigenvalue weighted by Crippen LogP contribution is -2.47. The summed E-state index contributed by atoms with van der Waals surface area (Å²) in [6, 6.07) is 13.5. The topological polar surface area (TPSA) is 66.8 Å². The van der Waals surface area contributed by atoms with Crippen LogP contribution < -0.4 is 0 Å². The number of aliphatic carboxylic acids is 1. The lowest BCUT2D eigenvalue weighted by atomic mass is 10.0. The minimum absolute atomic E-state index is 0.106. The third kappa shape index (κ3) is 2.72. The molecule has 0 fully saturated rings. The van der Waals surface area contributed by atoms with Gasteiger partial charge in [0.25, 0.3) is 0 Å². The molecule has 126 valence electrons. The average molecular weight is 335 g/mol. The maximum Gasteiger partial charge on any atom is 0.411 e. The van der Waals surface area contributed by atoms with Crippen LogP contribution >= 0.6 is 0 Å². The number of carbonyl (C=O) groups is 2. The number of fused-ring (bicyclic) bond motifs is 3. The Morgan fingerprint density at radius 1 is 1.16 bits per heavy atom. The summed E-state index contributed by atoms with van der Waals surface area (Å²) < 4.78 is 4.89. The number of amides is 1. The van der Waals surface area contributed by atoms with Crippen LogP contribution in [-0.2, 0) is 9.53 Å². The second kappa shape index (κ2) is 6.70. The molecule has 1 N–H and O–H groups in total. The molecule has 2 aromatic rings. The molecule has 1 atom stereocenters. The molecular formula is C20H17NO4. The zero-order valence-corrected chi connectivity index (χ0v) is 13.7. The van der Waals surface area contributed by atoms with Gasteiger partial charge >= 0.3 is 12.1 Å². The van der Waals surface area contributed by atoms with E-state index in [2.05, 4.69) is 5.92 Å². The number of benzene rings is 2. The van der Waals surface area contributed by atoms with Crippen molar-refractivity contribution in [3.8, 4) is 23.5 Å². The Bertz CT molecular complexity index is 822. The van der Waals surface area contributed by atoms with Gasteiger partial charge in [0, 0.05) is 6.42 Å². The van der Waals surface area contributed by atoms with Crippen LogP contribution in [0.15, 0.2) is 48.5 Å². The molecule has 5 heteroatoms. The number of nitrogens with zero attached hydrogens (tertiary/aromatic N) is 1. The van der Waals surface area contributed by atoms with Gasteiger partial charge in [-0.3, -0.25) is 4.90 Å². The first-order valence-electron chi connectivity index (χ1n) is 7.81. The second-order valence-electron chi connectivity index (χ2n) is 5.72. The third-order valence-corrected chi connectivity index (χ3v) is 4.40. The van der Waals surface area contributed by atoms with E-state index in [1.165, 1.54) is 12.0 Å². The van der Waals surface area contributed by atoms with E-state index in [0.717, 1.165) is 22.3 Å². The molecule has 0 aromatic heterocycles. The maximum absolute atomic E-state index is 12.5. The Morgan fingerprint density at radius 2 is 1.68 bits per heavy atom. The largest absolute Gasteiger partial charge is 0.480 e. The highest BCUT2D eigenvalue weighted by atomic mass is 16.5. The molecule has 5 nitrogen and oxygen atoms in total. The summed E-state index contributed by atoms with van der Waals surface area (Å²) in [5.74, 6) is 1.19. The van der Waals surface area contributed by atoms with Gasteiger partial charge in [-0.1, -0.05) is 48.5 Å². The Balaban J connectivity index is 2.21. The number of terminal acetylenes is 1. The number of hydrogen-bond donors (Lipinski definition) is 1. The Kier molecular flexibility index (Phi) is 4.44. The van der Waals surface area contributed by atoms with Crippen LogP contribution in [0.1, 0.15) is 23.6 Å². The molecule has 0 radical (unpaired) electrons. The molecule has 0 unspecified atom stereocenters. The Morgan fingerprint density at radius 3 is 2.12 bits per heavy atom. The molecule has 0 saturated heterocycles. The third-order valence-electron chi connectivity index (χ3n) is 4.40. The first-order valence-corrected chi connectivity index (χ1v) is 7.81. The molecular weight excluding hydrogens is 318 g/mol. The summed E-state index contributed by atoms with van der Waals surface area (Å²) in [5, 5.41) is 9.63. The van der Waals surface area contributed by atoms with E-state index < -0.39 is 24.1 Å². The van der Waals surface area contributed by atoms with Crippen molar-refractivity contribution in [3.05, 3.63) is 59.7 Å². The highest BCUT2D eigenvalue weighted by Gasteiger charge is 2.41. The minimum Gasteiger partial charge on any atom is -0.480 e. The first kappa shape index (κ1) is 16.6. The van der Waals surface area contributed by atoms with Crippen molar-refractivity contribution in [1.82, 2.24) is 4.90 Å². The monoisotopic (exact) mass is 335 g/mol. The predicted molar refractivity (Wildman–Crippen MR) is 92.8 cm³/mol. The second-order valence-corrected chi connectivity index (χ2v) is 5.72. The summed E-state index contributed by atoms with van der Waals surface area (Å²) in [5.41, 5.74) is 3.67. The van der Waals surface area contributed by atoms with E-state index in [1.807, 2.05) is 48.5 Å². The van der Waals surface area contributed by atoms with Crippen LogP contribution in [0, 0.1) is 12.3 Å². The molecule has 0 aliphatic heterocycles. The number of ether oxygens (including phenoxy) is 1. The smallest absolute Gasteiger partial charge is 0.411 e. The van der Waals surface area contributed by atoms with E-state index in [-0.39, 0.29) is 6.42 Å². The van der Waals surface area contributed by atoms with Crippen LogP contribution in [0.25, 0.3) is 11.1 Å². The molecule has 0 saturated carbocycles. The molecule has 0 spiro atoms. The summed E-state index contributed by atoms with van der Waals surface area (Å²) in [7, 11) is 1.23. The Hall–Kier alpha value is -3.26. The van der Waals surface area contributed by atoms with Crippen molar-refractivity contribution in [2.45, 2.75) is 18.5 Å². The predicted octanol–water partition coefficient (Wildman–Crippen LogP) is 3.30. The number of carboxylic acids is 1. The summed E-state index contributed by atoms with van der Waals surface area (Å²) in [6.45, 7) is 0. The summed E-state index contributed by atoms with van der Waals surface area (Å²) in [6.07, 6.45) is 4.51. The lowest BCUT2D eigenvalue weighted by Gasteiger charge is -2.33. The first-order chi connectivity index (χ1) is 12.1. The van der Waals surface area contributed by atoms with Crippen molar-refractivity contribution in [2.24, 2.45) is 0 Å². The van der Waals surface area contributed by atoms with Crippen LogP contribution in [0.4, 0.5) is 4.79 Å². The highest BCUT2D eigenvalue weighted by Crippen LogP contribution is 2.47. The standard InChI is InChI=1S/C20H17NO4/c1-3-8-17(19(22)23)21(20(24)25-2)18-15-11-6-4-9-13(15)14-10-5-7-12-16(14)18/h1,4-7,9-12,17-18H,8H2,2H3,(H,22,23)/t17-/m0/s1. The van der Waals surface area contributed by atoms with Crippen LogP contribution in [-0.4, -0.2) is 35.2 Å². The van der Waals surface area contributed by atoms with E-state index >= 15 is 0 Å². The van der Waals surface area contributed by atoms with E-state index in [9.17, 15) is 14.7 Å². The fourth-order valence-electron chi connectivity index (χ4n) is 3.36. The molecule has 1 aliphatic carbocycles. The molecule has 0 bridgehead atoms. The number of rotatable bonds is 4. The van der Waals surface area contributed by atoms with Gasteiger partial charge < -0.3 is 9.84 Å². The normalized spacial score (nSPS) is 13.3. The maximum atomic E-state index is 12.5. The van der Waals surface area contributed by atoms with E-state index in [0.29, 0.717) is 0 Å². The highest BCUT2D eigenvalue weighted by molar-refractivity contribution is 5.85. The van der Waals surface area contributed by atoms with Gasteiger partial charge in [-0.15, -0.1) is 12.3 Å². The fourth-order valence-corrected chi connectivity index (χ4v) is 3.36. The molecule has 2 aromatic carbocycles. The van der Waals surface area contributed by atoms with Crippen molar-refractivity contribution in [2.75, 3.05) is 7.11 Å². The van der Waals surface area contributed by atoms with Gasteiger partial charge in [-0.25, -0.2) is 9.59 Å². The van der Waals surface area contributed by atoms with Crippen molar-refractivity contribution in [1.29, 1.82) is 0 Å². The van der Waals surface area contributed by atoms with Gasteiger partial charge in [0.05, 0.1) is 13.2 Å². The van der Waals surface area contributed by atoms with Gasteiger partial charge in [0.15, 0.2) is 0 Å². The molecule has 3 rings (SSSR count). The molecule has 1 aliphatic rings. The quantitative estimate of drug-likeness (QED) is 0.871. The van der Waals surface area contributed by atoms with Gasteiger partial charge in [0.1, 0.15) is 6.04 Å². The van der Waals surface area contributed by atoms with E-state index in [4.69, 9.17) is 11.2 Å². The number of carboxylic acid groups (broad SMARTS) is 1. The van der Waals surface area contributed by atoms with Crippen molar-refractivity contribution >= 4 is 12.1 Å². The minimum atomic E-state index is -1.18. The number of hydrogen-bond acceptors (Lipinski definition) is 3.